The molecule has 156 valence electrons. The van der Waals surface area contributed by atoms with Gasteiger partial charge in [-0.15, -0.1) is 24.0 Å². The molecule has 2 aromatic carbocycles. The van der Waals surface area contributed by atoms with Crippen LogP contribution in [0.2, 0.25) is 0 Å². The molecule has 0 unspecified atom stereocenters. The molecule has 0 aromatic heterocycles. The second-order valence-electron chi connectivity index (χ2n) is 7.18. The Morgan fingerprint density at radius 1 is 1.14 bits per heavy atom. The minimum Gasteiger partial charge on any atom is -0.484 e. The average Bonchev–Trinajstić information content (AvgIpc) is 2.69. The fourth-order valence-electron chi connectivity index (χ4n) is 3.52. The molecule has 0 radical (unpaired) electrons. The van der Waals surface area contributed by atoms with Gasteiger partial charge in [-0.1, -0.05) is 48.9 Å². The van der Waals surface area contributed by atoms with Crippen molar-refractivity contribution in [2.45, 2.75) is 31.2 Å². The smallest absolute Gasteiger partial charge is 0.255 e. The summed E-state index contributed by atoms with van der Waals surface area (Å²) >= 11 is 0. The number of hydrogen-bond donors (Lipinski definition) is 3. The van der Waals surface area contributed by atoms with Crippen LogP contribution in [0.5, 0.6) is 5.75 Å². The number of rotatable bonds is 8. The number of guanidine groups is 1. The number of halogens is 1. The lowest BCUT2D eigenvalue weighted by atomic mass is 9.64. The predicted molar refractivity (Wildman–Crippen MR) is 127 cm³/mol. The molecule has 1 aliphatic carbocycles. The van der Waals surface area contributed by atoms with Crippen molar-refractivity contribution in [3.63, 3.8) is 0 Å². The molecule has 0 aliphatic heterocycles. The summed E-state index contributed by atoms with van der Waals surface area (Å²) in [5.74, 6) is 0.903. The first-order valence-electron chi connectivity index (χ1n) is 9.61. The van der Waals surface area contributed by atoms with Gasteiger partial charge in [0.05, 0.1) is 0 Å². The van der Waals surface area contributed by atoms with Gasteiger partial charge in [-0.2, -0.15) is 0 Å². The second-order valence-corrected chi connectivity index (χ2v) is 7.18. The molecule has 3 rings (SSSR count). The van der Waals surface area contributed by atoms with Crippen molar-refractivity contribution in [1.29, 1.82) is 0 Å². The Morgan fingerprint density at radius 2 is 1.90 bits per heavy atom. The Labute approximate surface area is 189 Å². The summed E-state index contributed by atoms with van der Waals surface area (Å²) in [5, 5.41) is 6.82. The molecule has 0 saturated heterocycles. The number of amides is 1. The number of hydrogen-bond acceptors (Lipinski definition) is 3. The van der Waals surface area contributed by atoms with Crippen LogP contribution in [0.4, 0.5) is 0 Å². The highest BCUT2D eigenvalue weighted by Crippen LogP contribution is 2.43. The van der Waals surface area contributed by atoms with Gasteiger partial charge in [0.25, 0.3) is 5.91 Å². The lowest BCUT2D eigenvalue weighted by Gasteiger charge is -2.43. The van der Waals surface area contributed by atoms with Crippen LogP contribution in [0.15, 0.2) is 59.6 Å². The van der Waals surface area contributed by atoms with E-state index in [1.54, 1.807) is 13.1 Å². The van der Waals surface area contributed by atoms with E-state index >= 15 is 0 Å². The number of benzene rings is 2. The first kappa shape index (κ1) is 23.0. The maximum atomic E-state index is 10.9. The van der Waals surface area contributed by atoms with Crippen molar-refractivity contribution < 1.29 is 9.53 Å². The van der Waals surface area contributed by atoms with Gasteiger partial charge in [0.2, 0.25) is 0 Å². The van der Waals surface area contributed by atoms with E-state index < -0.39 is 5.91 Å². The van der Waals surface area contributed by atoms with E-state index in [2.05, 4.69) is 46.0 Å². The molecule has 2 aromatic rings. The Balaban J connectivity index is 0.00000300. The topological polar surface area (TPSA) is 88.7 Å². The Morgan fingerprint density at radius 3 is 2.52 bits per heavy atom. The second kappa shape index (κ2) is 11.0. The molecule has 6 nitrogen and oxygen atoms in total. The largest absolute Gasteiger partial charge is 0.484 e. The minimum absolute atomic E-state index is 0. The number of carbonyl (C=O) groups is 1. The molecule has 1 aliphatic rings. The highest BCUT2D eigenvalue weighted by Gasteiger charge is 2.38. The van der Waals surface area contributed by atoms with E-state index in [1.807, 2.05) is 18.2 Å². The maximum absolute atomic E-state index is 10.9. The quantitative estimate of drug-likeness (QED) is 0.291. The van der Waals surface area contributed by atoms with Gasteiger partial charge in [-0.25, -0.2) is 0 Å². The van der Waals surface area contributed by atoms with Gasteiger partial charge < -0.3 is 21.1 Å². The summed E-state index contributed by atoms with van der Waals surface area (Å²) in [7, 11) is 1.78. The summed E-state index contributed by atoms with van der Waals surface area (Å²) < 4.78 is 5.36. The Kier molecular flexibility index (Phi) is 8.75. The molecule has 29 heavy (non-hydrogen) atoms. The van der Waals surface area contributed by atoms with Gasteiger partial charge >= 0.3 is 0 Å². The molecule has 1 amide bonds. The van der Waals surface area contributed by atoms with Crippen LogP contribution in [-0.4, -0.2) is 32.1 Å². The van der Waals surface area contributed by atoms with Crippen LogP contribution in [0.3, 0.4) is 0 Å². The molecule has 0 bridgehead atoms. The monoisotopic (exact) mass is 508 g/mol. The maximum Gasteiger partial charge on any atom is 0.255 e. The Bertz CT molecular complexity index is 823. The zero-order valence-corrected chi connectivity index (χ0v) is 19.0. The fraction of sp³-hybridized carbons (Fsp3) is 0.364. The van der Waals surface area contributed by atoms with Crippen molar-refractivity contribution in [1.82, 2.24) is 10.6 Å². The van der Waals surface area contributed by atoms with Gasteiger partial charge in [0.1, 0.15) is 5.75 Å². The van der Waals surface area contributed by atoms with E-state index in [-0.39, 0.29) is 36.0 Å². The van der Waals surface area contributed by atoms with Crippen LogP contribution in [0, 0.1) is 0 Å². The van der Waals surface area contributed by atoms with Crippen LogP contribution in [0.1, 0.15) is 30.4 Å². The van der Waals surface area contributed by atoms with Crippen molar-refractivity contribution in [3.8, 4) is 5.75 Å². The third-order valence-electron chi connectivity index (χ3n) is 5.25. The number of ether oxygens (including phenoxy) is 1. The van der Waals surface area contributed by atoms with Crippen LogP contribution in [0.25, 0.3) is 0 Å². The van der Waals surface area contributed by atoms with Gasteiger partial charge in [-0.3, -0.25) is 9.79 Å². The van der Waals surface area contributed by atoms with Crippen molar-refractivity contribution in [2.75, 3.05) is 20.2 Å². The summed E-state index contributed by atoms with van der Waals surface area (Å²) in [6.45, 7) is 1.34. The first-order valence-corrected chi connectivity index (χ1v) is 9.61. The molecule has 0 heterocycles. The summed E-state index contributed by atoms with van der Waals surface area (Å²) in [6.07, 6.45) is 3.65. The van der Waals surface area contributed by atoms with Crippen LogP contribution < -0.4 is 21.1 Å². The molecule has 1 saturated carbocycles. The van der Waals surface area contributed by atoms with E-state index in [0.29, 0.717) is 12.3 Å². The number of nitrogens with one attached hydrogen (secondary N) is 2. The van der Waals surface area contributed by atoms with Gasteiger partial charge in [0, 0.05) is 25.6 Å². The molecular formula is C22H29IN4O2. The SMILES string of the molecule is CN=C(NCc1cccc(OCC(N)=O)c1)NCC1(c2ccccc2)CCC1.I. The average molecular weight is 508 g/mol. The third-order valence-corrected chi connectivity index (χ3v) is 5.25. The predicted octanol–water partition coefficient (Wildman–Crippen LogP) is 2.96. The fourth-order valence-corrected chi connectivity index (χ4v) is 3.52. The number of nitrogens with two attached hydrogens (primary N) is 1. The highest BCUT2D eigenvalue weighted by atomic mass is 127. The zero-order chi connectivity index (χ0) is 19.8. The van der Waals surface area contributed by atoms with E-state index in [1.165, 1.54) is 24.8 Å². The van der Waals surface area contributed by atoms with Crippen LogP contribution >= 0.6 is 24.0 Å². The summed E-state index contributed by atoms with van der Waals surface area (Å²) in [6, 6.07) is 18.3. The lowest BCUT2D eigenvalue weighted by molar-refractivity contribution is -0.119. The molecule has 0 spiro atoms. The number of primary amides is 1. The molecule has 4 N–H and O–H groups in total. The van der Waals surface area contributed by atoms with Crippen molar-refractivity contribution in [3.05, 3.63) is 65.7 Å². The highest BCUT2D eigenvalue weighted by molar-refractivity contribution is 14.0. The van der Waals surface area contributed by atoms with Crippen LogP contribution in [-0.2, 0) is 16.8 Å². The van der Waals surface area contributed by atoms with Crippen molar-refractivity contribution >= 4 is 35.8 Å². The number of carbonyl (C=O) groups excluding carboxylic acids is 1. The molecule has 0 atom stereocenters. The zero-order valence-electron chi connectivity index (χ0n) is 16.7. The first-order chi connectivity index (χ1) is 13.6. The summed E-state index contributed by atoms with van der Waals surface area (Å²) in [5.41, 5.74) is 7.74. The molecule has 7 heteroatoms. The van der Waals surface area contributed by atoms with E-state index in [0.717, 1.165) is 18.1 Å². The van der Waals surface area contributed by atoms with Crippen molar-refractivity contribution in [2.24, 2.45) is 10.7 Å². The summed E-state index contributed by atoms with van der Waals surface area (Å²) in [4.78, 5) is 15.2. The third kappa shape index (κ3) is 6.35. The van der Waals surface area contributed by atoms with E-state index in [4.69, 9.17) is 10.5 Å². The van der Waals surface area contributed by atoms with Gasteiger partial charge in [-0.05, 0) is 36.1 Å². The lowest BCUT2D eigenvalue weighted by Crippen LogP contribution is -2.48. The molecule has 1 fully saturated rings. The Hall–Kier alpha value is -2.29. The molecular weight excluding hydrogens is 479 g/mol. The van der Waals surface area contributed by atoms with E-state index in [9.17, 15) is 4.79 Å². The number of aliphatic imine (C=N–C) groups is 1. The number of nitrogens with zero attached hydrogens (tertiary/aromatic N) is 1. The normalized spacial score (nSPS) is 14.9. The minimum atomic E-state index is -0.489. The standard InChI is InChI=1S/C22H28N4O2.HI/c1-24-21(25-14-17-7-5-10-19(13-17)28-15-20(23)27)26-16-22(11-6-12-22)18-8-3-2-4-9-18;/h2-5,7-10,13H,6,11-12,14-16H2,1H3,(H2,23,27)(H2,24,25,26);1H. The van der Waals surface area contributed by atoms with Gasteiger partial charge in [0.15, 0.2) is 12.6 Å².